The number of carbonyl (C=O) groups excluding carboxylic acids is 1. The SMILES string of the molecule is CSc1ccccc1NCc1ccc(C(=O)Nc2nc(C)cs2)cc1. The molecular formula is C19H19N3OS2. The van der Waals surface area contributed by atoms with Crippen molar-refractivity contribution in [3.05, 3.63) is 70.7 Å². The summed E-state index contributed by atoms with van der Waals surface area (Å²) in [4.78, 5) is 17.7. The third kappa shape index (κ3) is 4.61. The number of carbonyl (C=O) groups is 1. The second-order valence-corrected chi connectivity index (χ2v) is 7.21. The van der Waals surface area contributed by atoms with Crippen LogP contribution in [0.5, 0.6) is 0 Å². The van der Waals surface area contributed by atoms with E-state index in [1.54, 1.807) is 11.8 Å². The van der Waals surface area contributed by atoms with Crippen molar-refractivity contribution in [1.29, 1.82) is 0 Å². The van der Waals surface area contributed by atoms with E-state index in [0.717, 1.165) is 16.9 Å². The summed E-state index contributed by atoms with van der Waals surface area (Å²) in [6, 6.07) is 15.8. The highest BCUT2D eigenvalue weighted by Crippen LogP contribution is 2.25. The van der Waals surface area contributed by atoms with Crippen molar-refractivity contribution in [2.24, 2.45) is 0 Å². The molecule has 3 aromatic rings. The van der Waals surface area contributed by atoms with Crippen LogP contribution in [0.15, 0.2) is 58.8 Å². The summed E-state index contributed by atoms with van der Waals surface area (Å²) in [5, 5.41) is 8.80. The van der Waals surface area contributed by atoms with E-state index in [-0.39, 0.29) is 5.91 Å². The minimum atomic E-state index is -0.137. The zero-order chi connectivity index (χ0) is 17.6. The van der Waals surface area contributed by atoms with Crippen LogP contribution in [0.25, 0.3) is 0 Å². The van der Waals surface area contributed by atoms with Gasteiger partial charge in [0.05, 0.1) is 5.69 Å². The van der Waals surface area contributed by atoms with Gasteiger partial charge in [-0.2, -0.15) is 0 Å². The number of rotatable bonds is 6. The van der Waals surface area contributed by atoms with Crippen LogP contribution < -0.4 is 10.6 Å². The van der Waals surface area contributed by atoms with Gasteiger partial charge in [-0.1, -0.05) is 24.3 Å². The lowest BCUT2D eigenvalue weighted by atomic mass is 10.1. The molecular weight excluding hydrogens is 350 g/mol. The summed E-state index contributed by atoms with van der Waals surface area (Å²) >= 11 is 3.15. The number of nitrogens with zero attached hydrogens (tertiary/aromatic N) is 1. The zero-order valence-corrected chi connectivity index (χ0v) is 15.7. The molecule has 0 saturated heterocycles. The number of nitrogens with one attached hydrogen (secondary N) is 2. The summed E-state index contributed by atoms with van der Waals surface area (Å²) in [5.41, 5.74) is 3.78. The first-order valence-corrected chi connectivity index (χ1v) is 9.95. The van der Waals surface area contributed by atoms with Crippen molar-refractivity contribution in [3.8, 4) is 0 Å². The van der Waals surface area contributed by atoms with Crippen LogP contribution in [0.2, 0.25) is 0 Å². The van der Waals surface area contributed by atoms with Crippen LogP contribution in [-0.4, -0.2) is 17.1 Å². The largest absolute Gasteiger partial charge is 0.380 e. The number of thiazole rings is 1. The average Bonchev–Trinajstić information content (AvgIpc) is 3.05. The number of amides is 1. The Labute approximate surface area is 155 Å². The lowest BCUT2D eigenvalue weighted by Gasteiger charge is -2.10. The van der Waals surface area contributed by atoms with Gasteiger partial charge >= 0.3 is 0 Å². The van der Waals surface area contributed by atoms with Gasteiger partial charge < -0.3 is 5.32 Å². The standard InChI is InChI=1S/C19H19N3OS2/c1-13-12-25-19(21-13)22-18(23)15-9-7-14(8-10-15)11-20-16-5-3-4-6-17(16)24-2/h3-10,12,20H,11H2,1-2H3,(H,21,22,23). The molecule has 2 N–H and O–H groups in total. The van der Waals surface area contributed by atoms with Gasteiger partial charge in [0, 0.05) is 28.1 Å². The quantitative estimate of drug-likeness (QED) is 0.598. The van der Waals surface area contributed by atoms with Gasteiger partial charge in [0.1, 0.15) is 0 Å². The minimum absolute atomic E-state index is 0.137. The Morgan fingerprint density at radius 2 is 1.92 bits per heavy atom. The fourth-order valence-electron chi connectivity index (χ4n) is 2.34. The normalized spacial score (nSPS) is 10.5. The highest BCUT2D eigenvalue weighted by molar-refractivity contribution is 7.98. The van der Waals surface area contributed by atoms with Gasteiger partial charge in [-0.15, -0.1) is 23.1 Å². The number of anilines is 2. The first-order chi connectivity index (χ1) is 12.2. The summed E-state index contributed by atoms with van der Waals surface area (Å²) in [5.74, 6) is -0.137. The Balaban J connectivity index is 1.61. The van der Waals surface area contributed by atoms with Crippen molar-refractivity contribution in [2.45, 2.75) is 18.4 Å². The molecule has 3 rings (SSSR count). The van der Waals surface area contributed by atoms with Crippen molar-refractivity contribution in [2.75, 3.05) is 16.9 Å². The molecule has 0 spiro atoms. The van der Waals surface area contributed by atoms with E-state index in [0.29, 0.717) is 17.2 Å². The molecule has 0 aliphatic carbocycles. The molecule has 2 aromatic carbocycles. The molecule has 0 unspecified atom stereocenters. The van der Waals surface area contributed by atoms with Crippen LogP contribution >= 0.6 is 23.1 Å². The maximum atomic E-state index is 12.2. The van der Waals surface area contributed by atoms with E-state index in [9.17, 15) is 4.79 Å². The molecule has 0 saturated carbocycles. The van der Waals surface area contributed by atoms with E-state index in [1.165, 1.54) is 16.2 Å². The Bertz CT molecular complexity index is 859. The highest BCUT2D eigenvalue weighted by Gasteiger charge is 2.08. The van der Waals surface area contributed by atoms with E-state index in [1.807, 2.05) is 48.7 Å². The number of thioether (sulfide) groups is 1. The second-order valence-electron chi connectivity index (χ2n) is 5.50. The van der Waals surface area contributed by atoms with Gasteiger partial charge in [-0.05, 0) is 43.0 Å². The molecule has 0 aliphatic heterocycles. The summed E-state index contributed by atoms with van der Waals surface area (Å²) in [6.07, 6.45) is 2.07. The van der Waals surface area contributed by atoms with E-state index >= 15 is 0 Å². The predicted molar refractivity (Wildman–Crippen MR) is 107 cm³/mol. The zero-order valence-electron chi connectivity index (χ0n) is 14.1. The van der Waals surface area contributed by atoms with Gasteiger partial charge in [0.25, 0.3) is 5.91 Å². The molecule has 1 amide bonds. The third-order valence-electron chi connectivity index (χ3n) is 3.65. The Morgan fingerprint density at radius 3 is 2.60 bits per heavy atom. The third-order valence-corrected chi connectivity index (χ3v) is 5.32. The van der Waals surface area contributed by atoms with Crippen LogP contribution in [0.4, 0.5) is 10.8 Å². The van der Waals surface area contributed by atoms with Crippen molar-refractivity contribution in [3.63, 3.8) is 0 Å². The Kier molecular flexibility index (Phi) is 5.73. The molecule has 4 nitrogen and oxygen atoms in total. The van der Waals surface area contributed by atoms with Crippen LogP contribution in [0.3, 0.4) is 0 Å². The van der Waals surface area contributed by atoms with E-state index in [2.05, 4.69) is 34.0 Å². The van der Waals surface area contributed by atoms with Crippen LogP contribution in [0.1, 0.15) is 21.6 Å². The van der Waals surface area contributed by atoms with Gasteiger partial charge in [-0.3, -0.25) is 10.1 Å². The molecule has 1 heterocycles. The Hall–Kier alpha value is -2.31. The van der Waals surface area contributed by atoms with E-state index < -0.39 is 0 Å². The first-order valence-electron chi connectivity index (χ1n) is 7.85. The molecule has 1 aromatic heterocycles. The molecule has 0 radical (unpaired) electrons. The monoisotopic (exact) mass is 369 g/mol. The number of aryl methyl sites for hydroxylation is 1. The minimum Gasteiger partial charge on any atom is -0.380 e. The fraction of sp³-hybridized carbons (Fsp3) is 0.158. The summed E-state index contributed by atoms with van der Waals surface area (Å²) in [6.45, 7) is 2.62. The molecule has 0 fully saturated rings. The molecule has 6 heteroatoms. The second kappa shape index (κ2) is 8.18. The van der Waals surface area contributed by atoms with E-state index in [4.69, 9.17) is 0 Å². The summed E-state index contributed by atoms with van der Waals surface area (Å²) in [7, 11) is 0. The Morgan fingerprint density at radius 1 is 1.16 bits per heavy atom. The fourth-order valence-corrected chi connectivity index (χ4v) is 3.60. The molecule has 0 bridgehead atoms. The van der Waals surface area contributed by atoms with Crippen LogP contribution in [0, 0.1) is 6.92 Å². The van der Waals surface area contributed by atoms with Crippen LogP contribution in [-0.2, 0) is 6.54 Å². The molecule has 128 valence electrons. The predicted octanol–water partition coefficient (Wildman–Crippen LogP) is 5.04. The number of para-hydroxylation sites is 1. The van der Waals surface area contributed by atoms with Gasteiger partial charge in [-0.25, -0.2) is 4.98 Å². The molecule has 0 aliphatic rings. The average molecular weight is 370 g/mol. The number of benzene rings is 2. The topological polar surface area (TPSA) is 54.0 Å². The number of hydrogen-bond acceptors (Lipinski definition) is 5. The molecule has 0 atom stereocenters. The lowest BCUT2D eigenvalue weighted by molar-refractivity contribution is 0.102. The highest BCUT2D eigenvalue weighted by atomic mass is 32.2. The van der Waals surface area contributed by atoms with Gasteiger partial charge in [0.15, 0.2) is 5.13 Å². The number of hydrogen-bond donors (Lipinski definition) is 2. The maximum absolute atomic E-state index is 12.2. The lowest BCUT2D eigenvalue weighted by Crippen LogP contribution is -2.11. The first kappa shape index (κ1) is 17.5. The van der Waals surface area contributed by atoms with Crippen molar-refractivity contribution < 1.29 is 4.79 Å². The smallest absolute Gasteiger partial charge is 0.257 e. The van der Waals surface area contributed by atoms with Crippen molar-refractivity contribution >= 4 is 39.8 Å². The molecule has 25 heavy (non-hydrogen) atoms. The van der Waals surface area contributed by atoms with Gasteiger partial charge in [0.2, 0.25) is 0 Å². The van der Waals surface area contributed by atoms with Crippen molar-refractivity contribution in [1.82, 2.24) is 4.98 Å². The number of aromatic nitrogens is 1. The summed E-state index contributed by atoms with van der Waals surface area (Å²) < 4.78 is 0. The maximum Gasteiger partial charge on any atom is 0.257 e.